The van der Waals surface area contributed by atoms with Gasteiger partial charge in [-0.3, -0.25) is 0 Å². The van der Waals surface area contributed by atoms with E-state index >= 15 is 0 Å². The van der Waals surface area contributed by atoms with Gasteiger partial charge < -0.3 is 13.9 Å². The van der Waals surface area contributed by atoms with Crippen LogP contribution in [0.25, 0.3) is 12.2 Å². The molecule has 0 aliphatic rings. The first-order valence-corrected chi connectivity index (χ1v) is 11.2. The van der Waals surface area contributed by atoms with Crippen LogP contribution in [-0.2, 0) is 20.9 Å². The highest BCUT2D eigenvalue weighted by Crippen LogP contribution is 2.17. The van der Waals surface area contributed by atoms with E-state index in [9.17, 15) is 4.79 Å². The second kappa shape index (κ2) is 12.8. The normalized spacial score (nSPS) is 12.3. The highest BCUT2D eigenvalue weighted by molar-refractivity contribution is 7.08. The molecule has 0 bridgehead atoms. The first-order valence-electron chi connectivity index (χ1n) is 10.3. The van der Waals surface area contributed by atoms with E-state index in [0.29, 0.717) is 43.3 Å². The van der Waals surface area contributed by atoms with Crippen molar-refractivity contribution in [2.75, 3.05) is 13.2 Å². The number of hydrogen-bond donors (Lipinski definition) is 0. The molecule has 2 heterocycles. The lowest BCUT2D eigenvalue weighted by atomic mass is 9.98. The van der Waals surface area contributed by atoms with Crippen molar-refractivity contribution >= 4 is 29.5 Å². The summed E-state index contributed by atoms with van der Waals surface area (Å²) in [6.07, 6.45) is 9.74. The van der Waals surface area contributed by atoms with E-state index in [1.807, 2.05) is 35.7 Å². The summed E-state index contributed by atoms with van der Waals surface area (Å²) in [7, 11) is 0. The van der Waals surface area contributed by atoms with E-state index in [1.165, 1.54) is 5.56 Å². The number of thiophene rings is 1. The first-order chi connectivity index (χ1) is 14.9. The molecule has 4 nitrogen and oxygen atoms in total. The molecule has 0 spiro atoms. The van der Waals surface area contributed by atoms with Crippen LogP contribution < -0.4 is 0 Å². The molecule has 31 heavy (non-hydrogen) atoms. The van der Waals surface area contributed by atoms with Gasteiger partial charge in [0, 0.05) is 11.0 Å². The van der Waals surface area contributed by atoms with E-state index < -0.39 is 0 Å². The Morgan fingerprint density at radius 2 is 2.06 bits per heavy atom. The van der Waals surface area contributed by atoms with E-state index in [4.69, 9.17) is 13.9 Å². The Morgan fingerprint density at radius 1 is 1.23 bits per heavy atom. The maximum absolute atomic E-state index is 12.3. The van der Waals surface area contributed by atoms with E-state index in [0.717, 1.165) is 0 Å². The van der Waals surface area contributed by atoms with Crippen LogP contribution in [0.5, 0.6) is 0 Å². The maximum atomic E-state index is 12.3. The second-order valence-corrected chi connectivity index (χ2v) is 8.57. The lowest BCUT2D eigenvalue weighted by molar-refractivity contribution is -0.138. The smallest absolute Gasteiger partial charge is 0.334 e. The maximum Gasteiger partial charge on any atom is 0.334 e. The summed E-state index contributed by atoms with van der Waals surface area (Å²) in [6.45, 7) is 9.12. The van der Waals surface area contributed by atoms with Crippen LogP contribution in [0.15, 0.2) is 57.2 Å². The fourth-order valence-electron chi connectivity index (χ4n) is 2.43. The number of hydrogen-bond acceptors (Lipinski definition) is 5. The molecule has 0 aliphatic heterocycles. The third-order valence-corrected chi connectivity index (χ3v) is 4.54. The number of ether oxygens (including phenoxy) is 2. The molecule has 5 heteroatoms. The topological polar surface area (TPSA) is 48.7 Å². The molecule has 0 aliphatic carbocycles. The summed E-state index contributed by atoms with van der Waals surface area (Å²) in [5.74, 6) is 7.07. The summed E-state index contributed by atoms with van der Waals surface area (Å²) in [4.78, 5) is 12.3. The van der Waals surface area contributed by atoms with Gasteiger partial charge in [0.2, 0.25) is 0 Å². The molecule has 0 unspecified atom stereocenters. The van der Waals surface area contributed by atoms with Crippen LogP contribution >= 0.6 is 11.3 Å². The third kappa shape index (κ3) is 10.2. The van der Waals surface area contributed by atoms with Crippen molar-refractivity contribution in [2.24, 2.45) is 5.41 Å². The predicted octanol–water partition coefficient (Wildman–Crippen LogP) is 6.51. The monoisotopic (exact) mass is 438 g/mol. The molecule has 2 rings (SSSR count). The Hall–Kier alpha value is -2.81. The van der Waals surface area contributed by atoms with Crippen LogP contribution in [0.3, 0.4) is 0 Å². The quantitative estimate of drug-likeness (QED) is 0.183. The molecule has 0 fully saturated rings. The molecule has 164 valence electrons. The van der Waals surface area contributed by atoms with Gasteiger partial charge in [-0.15, -0.1) is 0 Å². The Morgan fingerprint density at radius 3 is 2.77 bits per heavy atom. The van der Waals surface area contributed by atoms with Crippen LogP contribution in [0, 0.1) is 17.3 Å². The van der Waals surface area contributed by atoms with Crippen molar-refractivity contribution < 1.29 is 18.7 Å². The number of carbonyl (C=O) groups excluding carboxylic acids is 1. The summed E-state index contributed by atoms with van der Waals surface area (Å²) in [6, 6.07) is 5.73. The molecular formula is C26H30O4S. The predicted molar refractivity (Wildman–Crippen MR) is 127 cm³/mol. The summed E-state index contributed by atoms with van der Waals surface area (Å²) < 4.78 is 16.6. The summed E-state index contributed by atoms with van der Waals surface area (Å²) >= 11 is 1.66. The van der Waals surface area contributed by atoms with Gasteiger partial charge in [-0.2, -0.15) is 11.3 Å². The van der Waals surface area contributed by atoms with Crippen molar-refractivity contribution in [1.29, 1.82) is 0 Å². The van der Waals surface area contributed by atoms with Gasteiger partial charge in [0.1, 0.15) is 18.1 Å². The molecule has 0 saturated heterocycles. The molecule has 0 saturated carbocycles. The zero-order valence-corrected chi connectivity index (χ0v) is 19.5. The standard InChI is InChI=1S/C26H30O4S/c1-5-29-25(27)22(11-7-6-8-15-26(2,3)4)18-23-12-13-24(30-23)19-28-16-9-10-21-14-17-31-20-21/h6-7,9-10,12-14,17-18,20H,5,11,16,19H2,1-4H3/b7-6+,10-9+,22-18+. The van der Waals surface area contributed by atoms with Gasteiger partial charge in [-0.1, -0.05) is 30.1 Å². The Balaban J connectivity index is 1.94. The van der Waals surface area contributed by atoms with Crippen molar-refractivity contribution in [3.05, 3.63) is 69.8 Å². The molecule has 0 amide bonds. The minimum absolute atomic E-state index is 0.0590. The summed E-state index contributed by atoms with van der Waals surface area (Å²) in [5.41, 5.74) is 1.62. The number of carbonyl (C=O) groups is 1. The number of allylic oxidation sites excluding steroid dienone is 2. The molecule has 0 atom stereocenters. The second-order valence-electron chi connectivity index (χ2n) is 7.79. The first kappa shape index (κ1) is 24.5. The number of furan rings is 1. The highest BCUT2D eigenvalue weighted by Gasteiger charge is 2.11. The molecule has 0 N–H and O–H groups in total. The van der Waals surface area contributed by atoms with E-state index in [2.05, 4.69) is 44.1 Å². The average Bonchev–Trinajstić information content (AvgIpc) is 3.38. The third-order valence-electron chi connectivity index (χ3n) is 3.83. The van der Waals surface area contributed by atoms with E-state index in [1.54, 1.807) is 30.4 Å². The van der Waals surface area contributed by atoms with Crippen LogP contribution in [0.4, 0.5) is 0 Å². The Kier molecular flexibility index (Phi) is 10.1. The number of esters is 1. The van der Waals surface area contributed by atoms with Crippen molar-refractivity contribution in [2.45, 2.75) is 40.7 Å². The van der Waals surface area contributed by atoms with Gasteiger partial charge in [0.15, 0.2) is 0 Å². The molecule has 2 aromatic heterocycles. The molecule has 2 aromatic rings. The molecule has 0 aromatic carbocycles. The summed E-state index contributed by atoms with van der Waals surface area (Å²) in [5, 5.41) is 4.12. The SMILES string of the molecule is CCOC(=O)/C(=C/c1ccc(COC/C=C/c2ccsc2)o1)C/C=C/C#CC(C)(C)C. The van der Waals surface area contributed by atoms with Crippen LogP contribution in [0.1, 0.15) is 51.2 Å². The van der Waals surface area contributed by atoms with Gasteiger partial charge in [0.05, 0.1) is 13.2 Å². The zero-order valence-electron chi connectivity index (χ0n) is 18.6. The van der Waals surface area contributed by atoms with Gasteiger partial charge in [-0.05, 0) is 80.8 Å². The minimum atomic E-state index is -0.358. The van der Waals surface area contributed by atoms with Gasteiger partial charge >= 0.3 is 5.97 Å². The highest BCUT2D eigenvalue weighted by atomic mass is 32.1. The average molecular weight is 439 g/mol. The molecular weight excluding hydrogens is 408 g/mol. The Labute approximate surface area is 189 Å². The molecule has 0 radical (unpaired) electrons. The van der Waals surface area contributed by atoms with Crippen LogP contribution in [-0.4, -0.2) is 19.2 Å². The van der Waals surface area contributed by atoms with Crippen molar-refractivity contribution in [1.82, 2.24) is 0 Å². The Bertz CT molecular complexity index is 957. The minimum Gasteiger partial charge on any atom is -0.463 e. The van der Waals surface area contributed by atoms with Gasteiger partial charge in [-0.25, -0.2) is 4.79 Å². The van der Waals surface area contributed by atoms with Crippen molar-refractivity contribution in [3.63, 3.8) is 0 Å². The number of rotatable bonds is 10. The van der Waals surface area contributed by atoms with Crippen LogP contribution in [0.2, 0.25) is 0 Å². The lowest BCUT2D eigenvalue weighted by Gasteiger charge is -2.06. The zero-order chi connectivity index (χ0) is 22.5. The van der Waals surface area contributed by atoms with Crippen molar-refractivity contribution in [3.8, 4) is 11.8 Å². The lowest BCUT2D eigenvalue weighted by Crippen LogP contribution is -2.07. The fourth-order valence-corrected chi connectivity index (χ4v) is 3.06. The fraction of sp³-hybridized carbons (Fsp3) is 0.346. The van der Waals surface area contributed by atoms with E-state index in [-0.39, 0.29) is 11.4 Å². The van der Waals surface area contributed by atoms with Gasteiger partial charge in [0.25, 0.3) is 0 Å². The largest absolute Gasteiger partial charge is 0.463 e.